The zero-order valence-electron chi connectivity index (χ0n) is 16.0. The average Bonchev–Trinajstić information content (AvgIpc) is 2.67. The van der Waals surface area contributed by atoms with Crippen molar-refractivity contribution in [3.8, 4) is 0 Å². The Hall–Kier alpha value is -2.61. The van der Waals surface area contributed by atoms with E-state index in [0.29, 0.717) is 30.9 Å². The third-order valence-electron chi connectivity index (χ3n) is 4.78. The van der Waals surface area contributed by atoms with Crippen LogP contribution in [0.25, 0.3) is 0 Å². The number of nitrogen functional groups attached to an aromatic ring is 1. The number of carbonyl (C=O) groups excluding carboxylic acids is 1. The Morgan fingerprint density at radius 2 is 2.14 bits per heavy atom. The Bertz CT molecular complexity index is 843. The summed E-state index contributed by atoms with van der Waals surface area (Å²) in [7, 11) is 0. The SMILES string of the molecule is CC(C)C[C@@H]1CN(c2ccc(C(F)F)c(C(=O)c3cccnc3N)n2)CCN1. The van der Waals surface area contributed by atoms with Crippen molar-refractivity contribution in [1.82, 2.24) is 15.3 Å². The van der Waals surface area contributed by atoms with Crippen molar-refractivity contribution in [2.24, 2.45) is 5.92 Å². The molecule has 3 heterocycles. The molecule has 6 nitrogen and oxygen atoms in total. The minimum Gasteiger partial charge on any atom is -0.383 e. The number of nitrogens with zero attached hydrogens (tertiary/aromatic N) is 3. The van der Waals surface area contributed by atoms with Gasteiger partial charge in [0.1, 0.15) is 17.3 Å². The lowest BCUT2D eigenvalue weighted by atomic mass is 10.0. The van der Waals surface area contributed by atoms with Crippen LogP contribution in [0.1, 0.15) is 48.3 Å². The second-order valence-corrected chi connectivity index (χ2v) is 7.40. The van der Waals surface area contributed by atoms with Crippen LogP contribution in [-0.4, -0.2) is 41.4 Å². The predicted octanol–water partition coefficient (Wildman–Crippen LogP) is 3.05. The van der Waals surface area contributed by atoms with Gasteiger partial charge in [0, 0.05) is 37.4 Å². The number of alkyl halides is 2. The molecule has 0 unspecified atom stereocenters. The Morgan fingerprint density at radius 3 is 2.82 bits per heavy atom. The molecule has 0 radical (unpaired) electrons. The maximum Gasteiger partial charge on any atom is 0.266 e. The molecular formula is C20H25F2N5O. The second kappa shape index (κ2) is 8.60. The average molecular weight is 389 g/mol. The van der Waals surface area contributed by atoms with Crippen LogP contribution in [0.2, 0.25) is 0 Å². The van der Waals surface area contributed by atoms with Crippen LogP contribution in [0.4, 0.5) is 20.4 Å². The zero-order chi connectivity index (χ0) is 20.3. The molecule has 1 fully saturated rings. The fourth-order valence-corrected chi connectivity index (χ4v) is 3.49. The van der Waals surface area contributed by atoms with Crippen molar-refractivity contribution < 1.29 is 13.6 Å². The number of hydrogen-bond donors (Lipinski definition) is 2. The van der Waals surface area contributed by atoms with E-state index in [-0.39, 0.29) is 17.1 Å². The highest BCUT2D eigenvalue weighted by Gasteiger charge is 2.26. The van der Waals surface area contributed by atoms with Crippen LogP contribution in [0, 0.1) is 5.92 Å². The van der Waals surface area contributed by atoms with Crippen molar-refractivity contribution in [3.05, 3.63) is 47.3 Å². The highest BCUT2D eigenvalue weighted by Crippen LogP contribution is 2.28. The molecule has 8 heteroatoms. The minimum atomic E-state index is -2.81. The van der Waals surface area contributed by atoms with E-state index >= 15 is 0 Å². The summed E-state index contributed by atoms with van der Waals surface area (Å²) in [5.41, 5.74) is 5.17. The van der Waals surface area contributed by atoms with Gasteiger partial charge in [0.15, 0.2) is 0 Å². The molecule has 0 aliphatic carbocycles. The monoisotopic (exact) mass is 389 g/mol. The Morgan fingerprint density at radius 1 is 1.36 bits per heavy atom. The Balaban J connectivity index is 1.94. The van der Waals surface area contributed by atoms with Gasteiger partial charge in [0.2, 0.25) is 5.78 Å². The summed E-state index contributed by atoms with van der Waals surface area (Å²) in [4.78, 5) is 23.1. The fraction of sp³-hybridized carbons (Fsp3) is 0.450. The molecule has 0 saturated carbocycles. The van der Waals surface area contributed by atoms with Gasteiger partial charge in [-0.2, -0.15) is 0 Å². The van der Waals surface area contributed by atoms with Gasteiger partial charge < -0.3 is 16.0 Å². The van der Waals surface area contributed by atoms with E-state index < -0.39 is 17.8 Å². The summed E-state index contributed by atoms with van der Waals surface area (Å²) in [6, 6.07) is 6.15. The van der Waals surface area contributed by atoms with Crippen LogP contribution in [0.5, 0.6) is 0 Å². The largest absolute Gasteiger partial charge is 0.383 e. The first kappa shape index (κ1) is 20.1. The molecule has 28 heavy (non-hydrogen) atoms. The number of pyridine rings is 2. The van der Waals surface area contributed by atoms with Gasteiger partial charge in [0.05, 0.1) is 5.56 Å². The van der Waals surface area contributed by atoms with Crippen LogP contribution in [-0.2, 0) is 0 Å². The number of hydrogen-bond acceptors (Lipinski definition) is 6. The van der Waals surface area contributed by atoms with Crippen LogP contribution >= 0.6 is 0 Å². The third-order valence-corrected chi connectivity index (χ3v) is 4.78. The minimum absolute atomic E-state index is 0.000843. The van der Waals surface area contributed by atoms with Crippen molar-refractivity contribution >= 4 is 17.4 Å². The summed E-state index contributed by atoms with van der Waals surface area (Å²) >= 11 is 0. The van der Waals surface area contributed by atoms with E-state index in [4.69, 9.17) is 5.73 Å². The first-order valence-corrected chi connectivity index (χ1v) is 9.39. The maximum atomic E-state index is 13.5. The zero-order valence-corrected chi connectivity index (χ0v) is 16.0. The van der Waals surface area contributed by atoms with Gasteiger partial charge in [-0.05, 0) is 36.6 Å². The smallest absolute Gasteiger partial charge is 0.266 e. The number of ketones is 1. The number of anilines is 2. The molecule has 0 amide bonds. The number of piperazine rings is 1. The van der Waals surface area contributed by atoms with E-state index in [1.54, 1.807) is 12.1 Å². The summed E-state index contributed by atoms with van der Waals surface area (Å²) in [5.74, 6) is 0.415. The van der Waals surface area contributed by atoms with E-state index in [2.05, 4.69) is 29.1 Å². The quantitative estimate of drug-likeness (QED) is 0.739. The lowest BCUT2D eigenvalue weighted by Crippen LogP contribution is -2.51. The van der Waals surface area contributed by atoms with Crippen molar-refractivity contribution in [3.63, 3.8) is 0 Å². The molecule has 2 aromatic heterocycles. The maximum absolute atomic E-state index is 13.5. The molecule has 0 spiro atoms. The molecular weight excluding hydrogens is 364 g/mol. The summed E-state index contributed by atoms with van der Waals surface area (Å²) in [5, 5.41) is 3.47. The van der Waals surface area contributed by atoms with Gasteiger partial charge in [-0.25, -0.2) is 18.7 Å². The molecule has 1 saturated heterocycles. The molecule has 0 aromatic carbocycles. The number of halogens is 2. The Kier molecular flexibility index (Phi) is 6.18. The highest BCUT2D eigenvalue weighted by molar-refractivity contribution is 6.11. The van der Waals surface area contributed by atoms with Crippen LogP contribution in [0.3, 0.4) is 0 Å². The third kappa shape index (κ3) is 4.44. The number of aromatic nitrogens is 2. The fourth-order valence-electron chi connectivity index (χ4n) is 3.49. The van der Waals surface area contributed by atoms with Gasteiger partial charge >= 0.3 is 0 Å². The van der Waals surface area contributed by atoms with E-state index in [0.717, 1.165) is 13.0 Å². The normalized spacial score (nSPS) is 17.4. The molecule has 1 aliphatic rings. The predicted molar refractivity (Wildman–Crippen MR) is 105 cm³/mol. The summed E-state index contributed by atoms with van der Waals surface area (Å²) < 4.78 is 27.0. The molecule has 150 valence electrons. The van der Waals surface area contributed by atoms with E-state index in [1.807, 2.05) is 4.90 Å². The molecule has 0 bridgehead atoms. The van der Waals surface area contributed by atoms with Crippen LogP contribution < -0.4 is 16.0 Å². The molecule has 2 aromatic rings. The lowest BCUT2D eigenvalue weighted by molar-refractivity contribution is 0.101. The second-order valence-electron chi connectivity index (χ2n) is 7.40. The first-order valence-electron chi connectivity index (χ1n) is 9.39. The van der Waals surface area contributed by atoms with E-state index in [1.165, 1.54) is 18.3 Å². The van der Waals surface area contributed by atoms with Gasteiger partial charge in [-0.1, -0.05) is 13.8 Å². The molecule has 1 atom stereocenters. The molecule has 1 aliphatic heterocycles. The lowest BCUT2D eigenvalue weighted by Gasteiger charge is -2.35. The van der Waals surface area contributed by atoms with Crippen molar-refractivity contribution in [2.45, 2.75) is 32.7 Å². The van der Waals surface area contributed by atoms with Crippen molar-refractivity contribution in [2.75, 3.05) is 30.3 Å². The first-order chi connectivity index (χ1) is 13.4. The number of nitrogens with two attached hydrogens (primary N) is 1. The molecule has 3 N–H and O–H groups in total. The Labute approximate surface area is 163 Å². The summed E-state index contributed by atoms with van der Waals surface area (Å²) in [6.07, 6.45) is -0.362. The highest BCUT2D eigenvalue weighted by atomic mass is 19.3. The number of rotatable bonds is 6. The number of nitrogens with one attached hydrogen (secondary N) is 1. The van der Waals surface area contributed by atoms with Crippen LogP contribution in [0.15, 0.2) is 30.5 Å². The standard InChI is InChI=1S/C20H25F2N5O/c1-12(2)10-13-11-27(9-8-24-13)16-6-5-14(19(21)22)17(26-16)18(28)15-4-3-7-25-20(15)23/h3-7,12-13,19,24H,8-11H2,1-2H3,(H2,23,25)/t13-/m1/s1. The van der Waals surface area contributed by atoms with E-state index in [9.17, 15) is 13.6 Å². The summed E-state index contributed by atoms with van der Waals surface area (Å²) in [6.45, 7) is 6.49. The molecule has 3 rings (SSSR count). The van der Waals surface area contributed by atoms with Gasteiger partial charge in [0.25, 0.3) is 6.43 Å². The van der Waals surface area contributed by atoms with Gasteiger partial charge in [-0.15, -0.1) is 0 Å². The van der Waals surface area contributed by atoms with Crippen molar-refractivity contribution in [1.29, 1.82) is 0 Å². The number of carbonyl (C=O) groups is 1. The topological polar surface area (TPSA) is 84.1 Å². The van der Waals surface area contributed by atoms with Gasteiger partial charge in [-0.3, -0.25) is 4.79 Å².